The van der Waals surface area contributed by atoms with Gasteiger partial charge in [-0.3, -0.25) is 0 Å². The number of benzene rings is 6. The summed E-state index contributed by atoms with van der Waals surface area (Å²) in [5.74, 6) is 0. The minimum Gasteiger partial charge on any atom is -0.309 e. The summed E-state index contributed by atoms with van der Waals surface area (Å²) in [6.07, 6.45) is 0. The van der Waals surface area contributed by atoms with Crippen LogP contribution in [0, 0.1) is 18.3 Å². The second-order valence-corrected chi connectivity index (χ2v) is 11.0. The molecule has 0 spiro atoms. The van der Waals surface area contributed by atoms with Crippen molar-refractivity contribution in [1.29, 1.82) is 5.26 Å². The summed E-state index contributed by atoms with van der Waals surface area (Å²) in [6.45, 7) is 2.14. The molecule has 1 unspecified atom stereocenters. The van der Waals surface area contributed by atoms with Crippen molar-refractivity contribution in [1.82, 2.24) is 4.57 Å². The van der Waals surface area contributed by atoms with Gasteiger partial charge in [0.2, 0.25) is 0 Å². The summed E-state index contributed by atoms with van der Waals surface area (Å²) in [5, 5.41) is 12.2. The minimum atomic E-state index is -0.516. The van der Waals surface area contributed by atoms with Gasteiger partial charge in [0.05, 0.1) is 28.1 Å². The van der Waals surface area contributed by atoms with Gasteiger partial charge in [0.1, 0.15) is 0 Å². The summed E-state index contributed by atoms with van der Waals surface area (Å²) in [7, 11) is 0. The molecule has 192 valence electrons. The number of para-hydroxylation sites is 2. The molecule has 0 saturated heterocycles. The van der Waals surface area contributed by atoms with Crippen molar-refractivity contribution in [2.24, 2.45) is 0 Å². The Morgan fingerprint density at radius 1 is 0.561 bits per heavy atom. The molecule has 0 amide bonds. The summed E-state index contributed by atoms with van der Waals surface area (Å²) in [5.41, 5.74) is 12.2. The first-order chi connectivity index (χ1) is 20.2. The number of rotatable bonds is 3. The minimum absolute atomic E-state index is 0.516. The Hall–Kier alpha value is -5.39. The standard InChI is InChI=1S/C39H26N2/c1-26-15-18-28(19-16-26)39(35-13-7-5-11-31(35)33-23-27(25-40)17-21-36(33)39)29-20-22-38-34(24-29)32-12-6-8-14-37(32)41(38)30-9-3-2-4-10-30/h2-24H,1H3. The summed E-state index contributed by atoms with van der Waals surface area (Å²) in [4.78, 5) is 0. The van der Waals surface area contributed by atoms with Gasteiger partial charge < -0.3 is 4.57 Å². The molecule has 1 aliphatic rings. The van der Waals surface area contributed by atoms with E-state index < -0.39 is 5.41 Å². The zero-order valence-corrected chi connectivity index (χ0v) is 22.7. The fraction of sp³-hybridized carbons (Fsp3) is 0.0513. The molecule has 1 atom stereocenters. The van der Waals surface area contributed by atoms with Gasteiger partial charge in [-0.1, -0.05) is 103 Å². The van der Waals surface area contributed by atoms with Crippen LogP contribution in [-0.4, -0.2) is 4.57 Å². The zero-order chi connectivity index (χ0) is 27.6. The van der Waals surface area contributed by atoms with Gasteiger partial charge in [-0.25, -0.2) is 0 Å². The van der Waals surface area contributed by atoms with Crippen LogP contribution in [0.4, 0.5) is 0 Å². The lowest BCUT2D eigenvalue weighted by atomic mass is 9.67. The van der Waals surface area contributed by atoms with Crippen molar-refractivity contribution in [2.45, 2.75) is 12.3 Å². The van der Waals surface area contributed by atoms with Crippen molar-refractivity contribution in [3.05, 3.63) is 173 Å². The average molecular weight is 523 g/mol. The van der Waals surface area contributed by atoms with E-state index in [1.807, 2.05) is 6.07 Å². The van der Waals surface area contributed by atoms with Crippen molar-refractivity contribution < 1.29 is 0 Å². The van der Waals surface area contributed by atoms with Gasteiger partial charge in [0, 0.05) is 16.5 Å². The van der Waals surface area contributed by atoms with Crippen LogP contribution in [0.15, 0.2) is 140 Å². The number of nitrogens with zero attached hydrogens (tertiary/aromatic N) is 2. The van der Waals surface area contributed by atoms with Crippen LogP contribution in [0.1, 0.15) is 33.4 Å². The van der Waals surface area contributed by atoms with E-state index in [0.29, 0.717) is 5.56 Å². The molecule has 1 heterocycles. The van der Waals surface area contributed by atoms with E-state index in [-0.39, 0.29) is 0 Å². The number of nitriles is 1. The first-order valence-electron chi connectivity index (χ1n) is 14.0. The Morgan fingerprint density at radius 2 is 1.24 bits per heavy atom. The summed E-state index contributed by atoms with van der Waals surface area (Å²) >= 11 is 0. The van der Waals surface area contributed by atoms with Crippen LogP contribution in [0.3, 0.4) is 0 Å². The molecule has 6 aromatic carbocycles. The van der Waals surface area contributed by atoms with E-state index in [1.165, 1.54) is 55.2 Å². The molecule has 1 aromatic heterocycles. The molecule has 0 radical (unpaired) electrons. The predicted octanol–water partition coefficient (Wildman–Crippen LogP) is 9.33. The summed E-state index contributed by atoms with van der Waals surface area (Å²) in [6, 6.07) is 52.5. The fourth-order valence-electron chi connectivity index (χ4n) is 7.01. The molecular weight excluding hydrogens is 496 g/mol. The average Bonchev–Trinajstić information content (AvgIpc) is 3.52. The molecule has 0 fully saturated rings. The number of hydrogen-bond acceptors (Lipinski definition) is 1. The molecule has 2 nitrogen and oxygen atoms in total. The van der Waals surface area contributed by atoms with E-state index in [2.05, 4.69) is 151 Å². The number of aromatic nitrogens is 1. The third-order valence-corrected chi connectivity index (χ3v) is 8.78. The maximum absolute atomic E-state index is 9.77. The molecule has 8 rings (SSSR count). The number of fused-ring (bicyclic) bond motifs is 6. The van der Waals surface area contributed by atoms with Crippen LogP contribution in [0.5, 0.6) is 0 Å². The third-order valence-electron chi connectivity index (χ3n) is 8.78. The smallest absolute Gasteiger partial charge is 0.0991 e. The van der Waals surface area contributed by atoms with E-state index in [9.17, 15) is 5.26 Å². The van der Waals surface area contributed by atoms with Crippen molar-refractivity contribution >= 4 is 21.8 Å². The van der Waals surface area contributed by atoms with Crippen molar-refractivity contribution in [2.75, 3.05) is 0 Å². The van der Waals surface area contributed by atoms with E-state index in [1.54, 1.807) is 0 Å². The van der Waals surface area contributed by atoms with Crippen LogP contribution < -0.4 is 0 Å². The lowest BCUT2D eigenvalue weighted by Crippen LogP contribution is -2.28. The van der Waals surface area contributed by atoms with Crippen molar-refractivity contribution in [3.63, 3.8) is 0 Å². The van der Waals surface area contributed by atoms with Gasteiger partial charge in [0.25, 0.3) is 0 Å². The molecular formula is C39H26N2. The van der Waals surface area contributed by atoms with Gasteiger partial charge in [-0.05, 0) is 82.8 Å². The van der Waals surface area contributed by atoms with Crippen LogP contribution in [0.2, 0.25) is 0 Å². The number of hydrogen-bond donors (Lipinski definition) is 0. The topological polar surface area (TPSA) is 28.7 Å². The largest absolute Gasteiger partial charge is 0.309 e. The highest BCUT2D eigenvalue weighted by Crippen LogP contribution is 2.56. The third kappa shape index (κ3) is 3.24. The van der Waals surface area contributed by atoms with Gasteiger partial charge in [0.15, 0.2) is 0 Å². The molecule has 0 aliphatic heterocycles. The first kappa shape index (κ1) is 23.5. The lowest BCUT2D eigenvalue weighted by Gasteiger charge is -2.34. The highest BCUT2D eigenvalue weighted by atomic mass is 15.0. The van der Waals surface area contributed by atoms with E-state index >= 15 is 0 Å². The lowest BCUT2D eigenvalue weighted by molar-refractivity contribution is 0.769. The Bertz CT molecular complexity index is 2160. The molecule has 1 aliphatic carbocycles. The van der Waals surface area contributed by atoms with Crippen LogP contribution >= 0.6 is 0 Å². The quantitative estimate of drug-likeness (QED) is 0.227. The number of aryl methyl sites for hydroxylation is 1. The molecule has 0 N–H and O–H groups in total. The van der Waals surface area contributed by atoms with Gasteiger partial charge >= 0.3 is 0 Å². The summed E-state index contributed by atoms with van der Waals surface area (Å²) < 4.78 is 2.36. The zero-order valence-electron chi connectivity index (χ0n) is 22.7. The maximum atomic E-state index is 9.77. The van der Waals surface area contributed by atoms with E-state index in [0.717, 1.165) is 11.3 Å². The molecule has 0 saturated carbocycles. The highest BCUT2D eigenvalue weighted by Gasteiger charge is 2.46. The highest BCUT2D eigenvalue weighted by molar-refractivity contribution is 6.09. The van der Waals surface area contributed by atoms with Crippen LogP contribution in [-0.2, 0) is 5.41 Å². The molecule has 7 aromatic rings. The van der Waals surface area contributed by atoms with Gasteiger partial charge in [-0.2, -0.15) is 5.26 Å². The van der Waals surface area contributed by atoms with E-state index in [4.69, 9.17) is 0 Å². The van der Waals surface area contributed by atoms with Gasteiger partial charge in [-0.15, -0.1) is 0 Å². The normalized spacial score (nSPS) is 15.5. The monoisotopic (exact) mass is 522 g/mol. The fourth-order valence-corrected chi connectivity index (χ4v) is 7.01. The Balaban J connectivity index is 1.51. The molecule has 0 bridgehead atoms. The Labute approximate surface area is 239 Å². The molecule has 2 heteroatoms. The SMILES string of the molecule is Cc1ccc(C2(c3ccc4c(c3)c3ccccc3n4-c3ccccc3)c3ccccc3-c3cc(C#N)ccc32)cc1. The molecule has 41 heavy (non-hydrogen) atoms. The Morgan fingerprint density at radius 3 is 2.07 bits per heavy atom. The second kappa shape index (κ2) is 8.81. The predicted molar refractivity (Wildman–Crippen MR) is 168 cm³/mol. The van der Waals surface area contributed by atoms with Crippen LogP contribution in [0.25, 0.3) is 38.6 Å². The maximum Gasteiger partial charge on any atom is 0.0991 e. The first-order valence-corrected chi connectivity index (χ1v) is 14.0. The Kier molecular flexibility index (Phi) is 5.05. The second-order valence-electron chi connectivity index (χ2n) is 11.0. The van der Waals surface area contributed by atoms with Crippen molar-refractivity contribution in [3.8, 4) is 22.9 Å².